The molecule has 0 amide bonds. The summed E-state index contributed by atoms with van der Waals surface area (Å²) >= 11 is 0. The third kappa shape index (κ3) is 1.20. The second kappa shape index (κ2) is 2.76. The van der Waals surface area contributed by atoms with E-state index in [0.717, 1.165) is 12.1 Å². The number of rotatable bonds is 0. The first-order valence-corrected chi connectivity index (χ1v) is 3.75. The maximum atomic E-state index is 13.2. The van der Waals surface area contributed by atoms with E-state index in [4.69, 9.17) is 11.5 Å². The van der Waals surface area contributed by atoms with E-state index < -0.39 is 11.6 Å². The van der Waals surface area contributed by atoms with Gasteiger partial charge in [-0.1, -0.05) is 0 Å². The van der Waals surface area contributed by atoms with Crippen molar-refractivity contribution in [3.05, 3.63) is 23.8 Å². The molecule has 0 aliphatic rings. The predicted molar refractivity (Wildman–Crippen MR) is 48.3 cm³/mol. The van der Waals surface area contributed by atoms with Gasteiger partial charge in [-0.15, -0.1) is 0 Å². The Morgan fingerprint density at radius 1 is 1.07 bits per heavy atom. The van der Waals surface area contributed by atoms with Crippen molar-refractivity contribution in [2.45, 2.75) is 0 Å². The summed E-state index contributed by atoms with van der Waals surface area (Å²) in [5.41, 5.74) is 10.8. The van der Waals surface area contributed by atoms with Gasteiger partial charge in [0.2, 0.25) is 5.95 Å². The maximum Gasteiger partial charge on any atom is 0.222 e. The number of nitrogen functional groups attached to an aromatic ring is 2. The Labute approximate surface area is 77.6 Å². The molecule has 1 aromatic carbocycles. The monoisotopic (exact) mass is 196 g/mol. The number of fused-ring (bicyclic) bond motifs is 1. The molecule has 72 valence electrons. The van der Waals surface area contributed by atoms with Crippen LogP contribution >= 0.6 is 0 Å². The quantitative estimate of drug-likeness (QED) is 0.660. The lowest BCUT2D eigenvalue weighted by Crippen LogP contribution is -2.02. The highest BCUT2D eigenvalue weighted by molar-refractivity contribution is 5.89. The molecule has 0 fully saturated rings. The van der Waals surface area contributed by atoms with Crippen LogP contribution in [0.1, 0.15) is 0 Å². The van der Waals surface area contributed by atoms with Crippen LogP contribution in [0, 0.1) is 11.6 Å². The average molecular weight is 196 g/mol. The molecule has 0 spiro atoms. The van der Waals surface area contributed by atoms with Crippen molar-refractivity contribution < 1.29 is 8.78 Å². The van der Waals surface area contributed by atoms with Crippen molar-refractivity contribution >= 4 is 22.7 Å². The van der Waals surface area contributed by atoms with Crippen molar-refractivity contribution in [2.75, 3.05) is 11.5 Å². The summed E-state index contributed by atoms with van der Waals surface area (Å²) in [5.74, 6) is -1.73. The summed E-state index contributed by atoms with van der Waals surface area (Å²) in [5, 5.41) is -0.0133. The van der Waals surface area contributed by atoms with Gasteiger partial charge >= 0.3 is 0 Å². The van der Waals surface area contributed by atoms with Gasteiger partial charge in [0, 0.05) is 12.1 Å². The van der Waals surface area contributed by atoms with E-state index in [9.17, 15) is 8.78 Å². The van der Waals surface area contributed by atoms with Gasteiger partial charge in [-0.05, 0) is 0 Å². The molecule has 6 heteroatoms. The molecule has 0 unspecified atom stereocenters. The normalized spacial score (nSPS) is 10.7. The second-order valence-electron chi connectivity index (χ2n) is 2.75. The van der Waals surface area contributed by atoms with E-state index in [1.807, 2.05) is 0 Å². The molecule has 1 aromatic heterocycles. The summed E-state index contributed by atoms with van der Waals surface area (Å²) in [7, 11) is 0. The molecule has 0 bridgehead atoms. The second-order valence-corrected chi connectivity index (χ2v) is 2.75. The molecular weight excluding hydrogens is 190 g/mol. The molecule has 4 N–H and O–H groups in total. The fourth-order valence-electron chi connectivity index (χ4n) is 1.23. The Kier molecular flexibility index (Phi) is 1.70. The lowest BCUT2D eigenvalue weighted by molar-refractivity contribution is 0.591. The Balaban J connectivity index is 2.94. The highest BCUT2D eigenvalue weighted by atomic mass is 19.1. The lowest BCUT2D eigenvalue weighted by atomic mass is 10.2. The van der Waals surface area contributed by atoms with E-state index in [2.05, 4.69) is 9.97 Å². The smallest absolute Gasteiger partial charge is 0.222 e. The molecule has 4 nitrogen and oxygen atoms in total. The molecule has 0 saturated heterocycles. The van der Waals surface area contributed by atoms with Gasteiger partial charge in [0.15, 0.2) is 0 Å². The van der Waals surface area contributed by atoms with Gasteiger partial charge in [0.1, 0.15) is 17.5 Å². The minimum Gasteiger partial charge on any atom is -0.383 e. The van der Waals surface area contributed by atoms with Gasteiger partial charge in [0.05, 0.1) is 10.9 Å². The third-order valence-corrected chi connectivity index (χ3v) is 1.76. The zero-order chi connectivity index (χ0) is 10.3. The number of anilines is 2. The third-order valence-electron chi connectivity index (χ3n) is 1.76. The first-order valence-electron chi connectivity index (χ1n) is 3.75. The van der Waals surface area contributed by atoms with Gasteiger partial charge < -0.3 is 11.5 Å². The minimum absolute atomic E-state index is 0.0133. The summed E-state index contributed by atoms with van der Waals surface area (Å²) in [4.78, 5) is 7.24. The first-order chi connectivity index (χ1) is 6.58. The first kappa shape index (κ1) is 8.61. The zero-order valence-electron chi connectivity index (χ0n) is 6.96. The average Bonchev–Trinajstić information content (AvgIpc) is 1.99. The number of nitrogens with zero attached hydrogens (tertiary/aromatic N) is 2. The van der Waals surface area contributed by atoms with Crippen LogP contribution in [0.25, 0.3) is 10.9 Å². The maximum absolute atomic E-state index is 13.2. The summed E-state index contributed by atoms with van der Waals surface area (Å²) in [6, 6.07) is 1.77. The number of nitrogens with two attached hydrogens (primary N) is 2. The number of hydrogen-bond acceptors (Lipinski definition) is 4. The Morgan fingerprint density at radius 2 is 1.79 bits per heavy atom. The molecule has 2 aromatic rings. The Morgan fingerprint density at radius 3 is 2.50 bits per heavy atom. The van der Waals surface area contributed by atoms with Crippen molar-refractivity contribution in [1.82, 2.24) is 9.97 Å². The van der Waals surface area contributed by atoms with Crippen LogP contribution in [0.2, 0.25) is 0 Å². The molecule has 0 atom stereocenters. The fourth-order valence-corrected chi connectivity index (χ4v) is 1.23. The molecule has 14 heavy (non-hydrogen) atoms. The molecule has 0 saturated carbocycles. The van der Waals surface area contributed by atoms with Crippen LogP contribution in [0.5, 0.6) is 0 Å². The molecule has 1 heterocycles. The van der Waals surface area contributed by atoms with Crippen molar-refractivity contribution in [1.29, 1.82) is 0 Å². The van der Waals surface area contributed by atoms with Crippen LogP contribution < -0.4 is 11.5 Å². The van der Waals surface area contributed by atoms with Crippen molar-refractivity contribution in [3.63, 3.8) is 0 Å². The van der Waals surface area contributed by atoms with Gasteiger partial charge in [-0.25, -0.2) is 13.8 Å². The lowest BCUT2D eigenvalue weighted by Gasteiger charge is -2.03. The number of hydrogen-bond donors (Lipinski definition) is 2. The number of aromatic nitrogens is 2. The van der Waals surface area contributed by atoms with Crippen molar-refractivity contribution in [3.8, 4) is 0 Å². The van der Waals surface area contributed by atoms with Crippen molar-refractivity contribution in [2.24, 2.45) is 0 Å². The van der Waals surface area contributed by atoms with E-state index >= 15 is 0 Å². The van der Waals surface area contributed by atoms with Gasteiger partial charge in [0.25, 0.3) is 0 Å². The fraction of sp³-hybridized carbons (Fsp3) is 0. The van der Waals surface area contributed by atoms with E-state index in [0.29, 0.717) is 0 Å². The molecule has 2 rings (SSSR count). The summed E-state index contributed by atoms with van der Waals surface area (Å²) in [6.07, 6.45) is 0. The highest BCUT2D eigenvalue weighted by Gasteiger charge is 2.10. The molecule has 0 radical (unpaired) electrons. The predicted octanol–water partition coefficient (Wildman–Crippen LogP) is 1.07. The molecule has 0 aliphatic heterocycles. The topological polar surface area (TPSA) is 77.8 Å². The van der Waals surface area contributed by atoms with Crippen LogP contribution in [-0.4, -0.2) is 9.97 Å². The highest BCUT2D eigenvalue weighted by Crippen LogP contribution is 2.22. The number of halogens is 2. The minimum atomic E-state index is -0.794. The zero-order valence-corrected chi connectivity index (χ0v) is 6.96. The molecule has 0 aliphatic carbocycles. The standard InChI is InChI=1S/C8H6F2N4/c9-3-1-4(10)6-5(2-3)13-8(12)14-7(6)11/h1-2H,(H4,11,12,13,14). The Hall–Kier alpha value is -1.98. The summed E-state index contributed by atoms with van der Waals surface area (Å²) in [6.45, 7) is 0. The van der Waals surface area contributed by atoms with Crippen LogP contribution in [0.3, 0.4) is 0 Å². The largest absolute Gasteiger partial charge is 0.383 e. The van der Waals surface area contributed by atoms with Crippen LogP contribution in [0.15, 0.2) is 12.1 Å². The van der Waals surface area contributed by atoms with Crippen LogP contribution in [-0.2, 0) is 0 Å². The van der Waals surface area contributed by atoms with Gasteiger partial charge in [-0.2, -0.15) is 4.98 Å². The molecular formula is C8H6F2N4. The SMILES string of the molecule is Nc1nc(N)c2c(F)cc(F)cc2n1. The van der Waals surface area contributed by atoms with E-state index in [1.165, 1.54) is 0 Å². The summed E-state index contributed by atoms with van der Waals surface area (Å²) < 4.78 is 26.0. The van der Waals surface area contributed by atoms with E-state index in [1.54, 1.807) is 0 Å². The van der Waals surface area contributed by atoms with Crippen LogP contribution in [0.4, 0.5) is 20.5 Å². The number of benzene rings is 1. The van der Waals surface area contributed by atoms with Gasteiger partial charge in [-0.3, -0.25) is 0 Å². The van der Waals surface area contributed by atoms with E-state index in [-0.39, 0.29) is 22.7 Å². The Bertz CT molecular complexity index is 469.